The standard InChI is InChI=1S/C14H22N4O/c1-10-16-13-9-17(11(2)19)8-5-14(13)18(10)12-3-6-15-7-4-12/h12,15H,3-9H2,1-2H3. The molecule has 0 radical (unpaired) electrons. The van der Waals surface area contributed by atoms with Gasteiger partial charge in [0.1, 0.15) is 5.82 Å². The number of imidazole rings is 1. The molecule has 0 bridgehead atoms. The first-order valence-corrected chi connectivity index (χ1v) is 7.19. The second kappa shape index (κ2) is 4.96. The molecule has 0 saturated carbocycles. The van der Waals surface area contributed by atoms with E-state index in [0.29, 0.717) is 12.6 Å². The fraction of sp³-hybridized carbons (Fsp3) is 0.714. The van der Waals surface area contributed by atoms with Gasteiger partial charge >= 0.3 is 0 Å². The molecular weight excluding hydrogens is 240 g/mol. The fourth-order valence-electron chi connectivity index (χ4n) is 3.36. The summed E-state index contributed by atoms with van der Waals surface area (Å²) in [6, 6.07) is 0.585. The number of fused-ring (bicyclic) bond motifs is 1. The lowest BCUT2D eigenvalue weighted by atomic mass is 10.0. The average molecular weight is 262 g/mol. The molecule has 5 nitrogen and oxygen atoms in total. The van der Waals surface area contributed by atoms with E-state index in [2.05, 4.69) is 16.8 Å². The summed E-state index contributed by atoms with van der Waals surface area (Å²) in [7, 11) is 0. The van der Waals surface area contributed by atoms with Crippen LogP contribution in [0.4, 0.5) is 0 Å². The monoisotopic (exact) mass is 262 g/mol. The number of piperidine rings is 1. The number of amides is 1. The molecule has 1 fully saturated rings. The van der Waals surface area contributed by atoms with Gasteiger partial charge in [0.2, 0.25) is 5.91 Å². The molecule has 5 heteroatoms. The lowest BCUT2D eigenvalue weighted by Gasteiger charge is -2.30. The summed E-state index contributed by atoms with van der Waals surface area (Å²) < 4.78 is 2.44. The molecule has 104 valence electrons. The van der Waals surface area contributed by atoms with Crippen molar-refractivity contribution in [3.63, 3.8) is 0 Å². The Morgan fingerprint density at radius 3 is 2.79 bits per heavy atom. The lowest BCUT2D eigenvalue weighted by Crippen LogP contribution is -2.36. The van der Waals surface area contributed by atoms with Crippen molar-refractivity contribution in [3.05, 3.63) is 17.2 Å². The zero-order valence-corrected chi connectivity index (χ0v) is 11.8. The van der Waals surface area contributed by atoms with Crippen LogP contribution in [-0.4, -0.2) is 40.0 Å². The quantitative estimate of drug-likeness (QED) is 0.822. The molecule has 2 aliphatic heterocycles. The van der Waals surface area contributed by atoms with Crippen molar-refractivity contribution in [2.45, 2.75) is 45.7 Å². The molecule has 2 aliphatic rings. The van der Waals surface area contributed by atoms with E-state index in [0.717, 1.165) is 37.6 Å². The van der Waals surface area contributed by atoms with Gasteiger partial charge in [-0.3, -0.25) is 4.79 Å². The number of nitrogens with one attached hydrogen (secondary N) is 1. The number of carbonyl (C=O) groups is 1. The second-order valence-corrected chi connectivity index (χ2v) is 5.59. The van der Waals surface area contributed by atoms with Crippen molar-refractivity contribution in [3.8, 4) is 0 Å². The van der Waals surface area contributed by atoms with E-state index in [4.69, 9.17) is 4.98 Å². The molecule has 1 amide bonds. The molecule has 0 unspecified atom stereocenters. The molecular formula is C14H22N4O. The number of aryl methyl sites for hydroxylation is 1. The number of hydrogen-bond donors (Lipinski definition) is 1. The molecule has 0 spiro atoms. The Labute approximate surface area is 114 Å². The van der Waals surface area contributed by atoms with Gasteiger partial charge in [-0.05, 0) is 32.9 Å². The second-order valence-electron chi connectivity index (χ2n) is 5.59. The minimum atomic E-state index is 0.153. The van der Waals surface area contributed by atoms with Crippen LogP contribution in [0.2, 0.25) is 0 Å². The molecule has 1 saturated heterocycles. The van der Waals surface area contributed by atoms with E-state index in [1.165, 1.54) is 18.5 Å². The normalized spacial score (nSPS) is 20.4. The highest BCUT2D eigenvalue weighted by molar-refractivity contribution is 5.73. The van der Waals surface area contributed by atoms with Crippen LogP contribution in [0.1, 0.15) is 43.0 Å². The smallest absolute Gasteiger partial charge is 0.219 e. The van der Waals surface area contributed by atoms with E-state index in [9.17, 15) is 4.79 Å². The van der Waals surface area contributed by atoms with Crippen LogP contribution in [0, 0.1) is 6.92 Å². The molecule has 0 atom stereocenters. The predicted octanol–water partition coefficient (Wildman–Crippen LogP) is 1.02. The van der Waals surface area contributed by atoms with E-state index in [1.807, 2.05) is 4.90 Å². The molecule has 3 heterocycles. The SMILES string of the molecule is CC(=O)N1CCc2c(nc(C)n2C2CCNCC2)C1. The minimum absolute atomic E-state index is 0.153. The first-order chi connectivity index (χ1) is 9.16. The summed E-state index contributed by atoms with van der Waals surface area (Å²) in [6.07, 6.45) is 3.31. The van der Waals surface area contributed by atoms with Crippen LogP contribution in [0.15, 0.2) is 0 Å². The summed E-state index contributed by atoms with van der Waals surface area (Å²) in [6.45, 7) is 7.44. The van der Waals surface area contributed by atoms with E-state index in [1.54, 1.807) is 6.92 Å². The van der Waals surface area contributed by atoms with Gasteiger partial charge in [0.25, 0.3) is 0 Å². The van der Waals surface area contributed by atoms with Crippen molar-refractivity contribution in [1.82, 2.24) is 19.8 Å². The molecule has 1 N–H and O–H groups in total. The van der Waals surface area contributed by atoms with Gasteiger partial charge in [0, 0.05) is 31.6 Å². The van der Waals surface area contributed by atoms with Gasteiger partial charge in [-0.25, -0.2) is 4.98 Å². The highest BCUT2D eigenvalue weighted by Gasteiger charge is 2.27. The summed E-state index contributed by atoms with van der Waals surface area (Å²) >= 11 is 0. The van der Waals surface area contributed by atoms with Crippen LogP contribution in [0.25, 0.3) is 0 Å². The third kappa shape index (κ3) is 2.27. The van der Waals surface area contributed by atoms with Gasteiger partial charge in [-0.2, -0.15) is 0 Å². The van der Waals surface area contributed by atoms with Crippen molar-refractivity contribution >= 4 is 5.91 Å². The van der Waals surface area contributed by atoms with Crippen molar-refractivity contribution in [2.24, 2.45) is 0 Å². The van der Waals surface area contributed by atoms with Crippen LogP contribution in [0.3, 0.4) is 0 Å². The van der Waals surface area contributed by atoms with Gasteiger partial charge in [-0.1, -0.05) is 0 Å². The third-order valence-corrected chi connectivity index (χ3v) is 4.35. The zero-order chi connectivity index (χ0) is 13.4. The third-order valence-electron chi connectivity index (χ3n) is 4.35. The first-order valence-electron chi connectivity index (χ1n) is 7.19. The number of aromatic nitrogens is 2. The van der Waals surface area contributed by atoms with Crippen LogP contribution in [0.5, 0.6) is 0 Å². The predicted molar refractivity (Wildman–Crippen MR) is 72.9 cm³/mol. The number of rotatable bonds is 1. The lowest BCUT2D eigenvalue weighted by molar-refractivity contribution is -0.129. The van der Waals surface area contributed by atoms with Gasteiger partial charge in [0.15, 0.2) is 0 Å². The molecule has 1 aromatic heterocycles. The van der Waals surface area contributed by atoms with E-state index in [-0.39, 0.29) is 5.91 Å². The summed E-state index contributed by atoms with van der Waals surface area (Å²) in [5.41, 5.74) is 2.47. The van der Waals surface area contributed by atoms with Crippen LogP contribution in [-0.2, 0) is 17.8 Å². The Kier molecular flexibility index (Phi) is 3.31. The zero-order valence-electron chi connectivity index (χ0n) is 11.8. The summed E-state index contributed by atoms with van der Waals surface area (Å²) in [4.78, 5) is 18.1. The van der Waals surface area contributed by atoms with Crippen molar-refractivity contribution in [2.75, 3.05) is 19.6 Å². The van der Waals surface area contributed by atoms with Crippen LogP contribution >= 0.6 is 0 Å². The van der Waals surface area contributed by atoms with Crippen molar-refractivity contribution in [1.29, 1.82) is 0 Å². The Morgan fingerprint density at radius 1 is 1.37 bits per heavy atom. The average Bonchev–Trinajstić information content (AvgIpc) is 2.74. The highest BCUT2D eigenvalue weighted by atomic mass is 16.2. The van der Waals surface area contributed by atoms with Gasteiger partial charge in [-0.15, -0.1) is 0 Å². The maximum absolute atomic E-state index is 11.5. The molecule has 3 rings (SSSR count). The molecule has 0 aliphatic carbocycles. The summed E-state index contributed by atoms with van der Waals surface area (Å²) in [5.74, 6) is 1.27. The number of carbonyl (C=O) groups excluding carboxylic acids is 1. The molecule has 1 aromatic rings. The highest BCUT2D eigenvalue weighted by Crippen LogP contribution is 2.28. The van der Waals surface area contributed by atoms with Crippen molar-refractivity contribution < 1.29 is 4.79 Å². The maximum Gasteiger partial charge on any atom is 0.219 e. The molecule has 19 heavy (non-hydrogen) atoms. The Hall–Kier alpha value is -1.36. The Balaban J connectivity index is 1.89. The first kappa shape index (κ1) is 12.7. The van der Waals surface area contributed by atoms with Gasteiger partial charge < -0.3 is 14.8 Å². The topological polar surface area (TPSA) is 50.2 Å². The van der Waals surface area contributed by atoms with E-state index < -0.39 is 0 Å². The Bertz CT molecular complexity index is 488. The number of hydrogen-bond acceptors (Lipinski definition) is 3. The summed E-state index contributed by atoms with van der Waals surface area (Å²) in [5, 5.41) is 3.41. The number of nitrogens with zero attached hydrogens (tertiary/aromatic N) is 3. The minimum Gasteiger partial charge on any atom is -0.337 e. The maximum atomic E-state index is 11.5. The molecule has 0 aromatic carbocycles. The largest absolute Gasteiger partial charge is 0.337 e. The Morgan fingerprint density at radius 2 is 2.11 bits per heavy atom. The van der Waals surface area contributed by atoms with Crippen LogP contribution < -0.4 is 5.32 Å². The fourth-order valence-corrected chi connectivity index (χ4v) is 3.36. The van der Waals surface area contributed by atoms with E-state index >= 15 is 0 Å². The van der Waals surface area contributed by atoms with Gasteiger partial charge in [0.05, 0.1) is 12.2 Å².